The molecule has 38 heavy (non-hydrogen) atoms. The molecule has 2 saturated heterocycles. The Morgan fingerprint density at radius 1 is 1.13 bits per heavy atom. The molecule has 3 atom stereocenters. The number of rotatable bonds is 10. The maximum absolute atomic E-state index is 13.9. The zero-order chi connectivity index (χ0) is 27.1. The Bertz CT molecular complexity index is 1060. The van der Waals surface area contributed by atoms with Gasteiger partial charge in [-0.2, -0.15) is 0 Å². The average molecular weight is 527 g/mol. The SMILES string of the molecule is COc1ccc(CCC(=O)N(C2CCOCC2)C(C(=O)NCc2ccc(F)cc2)C2CNN(C)C2C)cc1. The second-order valence-corrected chi connectivity index (χ2v) is 10.2. The van der Waals surface area contributed by atoms with E-state index in [4.69, 9.17) is 9.47 Å². The van der Waals surface area contributed by atoms with Gasteiger partial charge in [-0.05, 0) is 61.6 Å². The van der Waals surface area contributed by atoms with Gasteiger partial charge in [0.25, 0.3) is 0 Å². The van der Waals surface area contributed by atoms with Crippen molar-refractivity contribution >= 4 is 11.8 Å². The van der Waals surface area contributed by atoms with Crippen LogP contribution in [0.25, 0.3) is 0 Å². The zero-order valence-corrected chi connectivity index (χ0v) is 22.5. The van der Waals surface area contributed by atoms with Crippen molar-refractivity contribution in [2.24, 2.45) is 5.92 Å². The first-order valence-electron chi connectivity index (χ1n) is 13.4. The van der Waals surface area contributed by atoms with E-state index in [1.165, 1.54) is 12.1 Å². The highest BCUT2D eigenvalue weighted by Crippen LogP contribution is 2.28. The van der Waals surface area contributed by atoms with Crippen molar-refractivity contribution < 1.29 is 23.5 Å². The molecule has 2 N–H and O–H groups in total. The predicted molar refractivity (Wildman–Crippen MR) is 143 cm³/mol. The molecule has 0 radical (unpaired) electrons. The van der Waals surface area contributed by atoms with Crippen LogP contribution in [0.2, 0.25) is 0 Å². The van der Waals surface area contributed by atoms with Crippen LogP contribution in [0.5, 0.6) is 5.75 Å². The number of nitrogens with zero attached hydrogens (tertiary/aromatic N) is 2. The molecule has 2 aliphatic rings. The van der Waals surface area contributed by atoms with Gasteiger partial charge in [0.15, 0.2) is 0 Å². The molecule has 0 bridgehead atoms. The standard InChI is InChI=1S/C29H39FN4O4/c1-20-26(19-32-33(20)2)28(29(36)31-18-22-4-9-23(30)10-5-22)34(24-14-16-38-17-15-24)27(35)13-8-21-6-11-25(37-3)12-7-21/h4-7,9-12,20,24,26,28,32H,8,13-19H2,1-3H3,(H,31,36). The van der Waals surface area contributed by atoms with Crippen molar-refractivity contribution in [3.8, 4) is 5.75 Å². The lowest BCUT2D eigenvalue weighted by molar-refractivity contribution is -0.148. The van der Waals surface area contributed by atoms with Crippen molar-refractivity contribution in [3.63, 3.8) is 0 Å². The molecule has 0 aromatic heterocycles. The van der Waals surface area contributed by atoms with Gasteiger partial charge >= 0.3 is 0 Å². The van der Waals surface area contributed by atoms with Gasteiger partial charge < -0.3 is 19.7 Å². The van der Waals surface area contributed by atoms with Crippen LogP contribution < -0.4 is 15.5 Å². The highest BCUT2D eigenvalue weighted by atomic mass is 19.1. The molecule has 2 heterocycles. The van der Waals surface area contributed by atoms with Crippen molar-refractivity contribution in [2.45, 2.75) is 57.3 Å². The third kappa shape index (κ3) is 6.89. The summed E-state index contributed by atoms with van der Waals surface area (Å²) in [6, 6.07) is 13.1. The highest BCUT2D eigenvalue weighted by Gasteiger charge is 2.45. The van der Waals surface area contributed by atoms with Crippen molar-refractivity contribution in [2.75, 3.05) is 33.9 Å². The molecule has 8 nitrogen and oxygen atoms in total. The number of hydrogen-bond acceptors (Lipinski definition) is 6. The van der Waals surface area contributed by atoms with Crippen LogP contribution in [0.1, 0.15) is 37.3 Å². The molecule has 206 valence electrons. The highest BCUT2D eigenvalue weighted by molar-refractivity contribution is 5.88. The number of halogens is 1. The van der Waals surface area contributed by atoms with Crippen molar-refractivity contribution in [1.29, 1.82) is 0 Å². The second-order valence-electron chi connectivity index (χ2n) is 10.2. The molecule has 2 fully saturated rings. The summed E-state index contributed by atoms with van der Waals surface area (Å²) in [7, 11) is 3.59. The lowest BCUT2D eigenvalue weighted by Crippen LogP contribution is -2.59. The number of ether oxygens (including phenoxy) is 2. The maximum Gasteiger partial charge on any atom is 0.243 e. The number of benzene rings is 2. The summed E-state index contributed by atoms with van der Waals surface area (Å²) in [5.41, 5.74) is 5.18. The summed E-state index contributed by atoms with van der Waals surface area (Å²) in [6.45, 7) is 4.07. The van der Waals surface area contributed by atoms with Gasteiger partial charge in [-0.3, -0.25) is 15.0 Å². The summed E-state index contributed by atoms with van der Waals surface area (Å²) >= 11 is 0. The predicted octanol–water partition coefficient (Wildman–Crippen LogP) is 2.91. The quantitative estimate of drug-likeness (QED) is 0.496. The third-order valence-corrected chi connectivity index (χ3v) is 7.82. The van der Waals surface area contributed by atoms with Gasteiger partial charge in [-0.15, -0.1) is 0 Å². The lowest BCUT2D eigenvalue weighted by atomic mass is 9.89. The number of hydrogen-bond donors (Lipinski definition) is 2. The molecule has 2 amide bonds. The molecule has 0 aliphatic carbocycles. The number of amides is 2. The van der Waals surface area contributed by atoms with Gasteiger partial charge in [0.05, 0.1) is 7.11 Å². The Morgan fingerprint density at radius 3 is 2.39 bits per heavy atom. The molecular weight excluding hydrogens is 487 g/mol. The number of hydrazine groups is 1. The first kappa shape index (κ1) is 28.0. The third-order valence-electron chi connectivity index (χ3n) is 7.82. The Hall–Kier alpha value is -3.01. The number of aryl methyl sites for hydroxylation is 1. The lowest BCUT2D eigenvalue weighted by Gasteiger charge is -2.42. The summed E-state index contributed by atoms with van der Waals surface area (Å²) < 4.78 is 24.2. The molecule has 0 spiro atoms. The minimum atomic E-state index is -0.644. The normalized spacial score (nSPS) is 21.2. The van der Waals surface area contributed by atoms with Crippen LogP contribution >= 0.6 is 0 Å². The van der Waals surface area contributed by atoms with E-state index in [0.717, 1.165) is 16.9 Å². The van der Waals surface area contributed by atoms with Crippen LogP contribution in [-0.2, 0) is 27.3 Å². The van der Waals surface area contributed by atoms with E-state index in [1.54, 1.807) is 19.2 Å². The zero-order valence-electron chi connectivity index (χ0n) is 22.5. The largest absolute Gasteiger partial charge is 0.497 e. The van der Waals surface area contributed by atoms with E-state index in [9.17, 15) is 14.0 Å². The number of carbonyl (C=O) groups is 2. The summed E-state index contributed by atoms with van der Waals surface area (Å²) in [5, 5.41) is 5.05. The van der Waals surface area contributed by atoms with Gasteiger partial charge in [0.2, 0.25) is 11.8 Å². The van der Waals surface area contributed by atoms with Gasteiger partial charge in [0.1, 0.15) is 17.6 Å². The van der Waals surface area contributed by atoms with E-state index in [0.29, 0.717) is 45.4 Å². The monoisotopic (exact) mass is 526 g/mol. The molecule has 3 unspecified atom stereocenters. The van der Waals surface area contributed by atoms with E-state index in [1.807, 2.05) is 41.2 Å². The van der Waals surface area contributed by atoms with Crippen molar-refractivity contribution in [1.82, 2.24) is 20.7 Å². The van der Waals surface area contributed by atoms with Crippen molar-refractivity contribution in [3.05, 3.63) is 65.5 Å². The molecule has 0 saturated carbocycles. The second kappa shape index (κ2) is 13.2. The Balaban J connectivity index is 1.57. The average Bonchev–Trinajstić information content (AvgIpc) is 3.27. The van der Waals surface area contributed by atoms with Crippen LogP contribution in [-0.4, -0.2) is 73.8 Å². The van der Waals surface area contributed by atoms with Gasteiger partial charge in [-0.25, -0.2) is 9.40 Å². The summed E-state index contributed by atoms with van der Waals surface area (Å²) in [5.74, 6) is 0.138. The van der Waals surface area contributed by atoms with Gasteiger partial charge in [-0.1, -0.05) is 24.3 Å². The summed E-state index contributed by atoms with van der Waals surface area (Å²) in [6.07, 6.45) is 2.27. The fraction of sp³-hybridized carbons (Fsp3) is 0.517. The van der Waals surface area contributed by atoms with Crippen LogP contribution in [0.4, 0.5) is 4.39 Å². The topological polar surface area (TPSA) is 83.1 Å². The maximum atomic E-state index is 13.9. The molecule has 2 aromatic carbocycles. The first-order chi connectivity index (χ1) is 18.4. The van der Waals surface area contributed by atoms with E-state index in [-0.39, 0.29) is 42.2 Å². The Morgan fingerprint density at radius 2 is 1.79 bits per heavy atom. The van der Waals surface area contributed by atoms with Crippen LogP contribution in [0, 0.1) is 11.7 Å². The van der Waals surface area contributed by atoms with E-state index >= 15 is 0 Å². The van der Waals surface area contributed by atoms with Gasteiger partial charge in [0, 0.05) is 57.8 Å². The number of carbonyl (C=O) groups excluding carboxylic acids is 2. The molecule has 9 heteroatoms. The summed E-state index contributed by atoms with van der Waals surface area (Å²) in [4.78, 5) is 29.7. The Kier molecular flexibility index (Phi) is 9.71. The minimum absolute atomic E-state index is 0.0311. The van der Waals surface area contributed by atoms with E-state index < -0.39 is 6.04 Å². The Labute approximate surface area is 224 Å². The minimum Gasteiger partial charge on any atom is -0.497 e. The molecule has 2 aromatic rings. The number of nitrogens with one attached hydrogen (secondary N) is 2. The van der Waals surface area contributed by atoms with Crippen LogP contribution in [0.3, 0.4) is 0 Å². The molecular formula is C29H39FN4O4. The fourth-order valence-corrected chi connectivity index (χ4v) is 5.37. The fourth-order valence-electron chi connectivity index (χ4n) is 5.37. The molecule has 2 aliphatic heterocycles. The van der Waals surface area contributed by atoms with E-state index in [2.05, 4.69) is 17.7 Å². The smallest absolute Gasteiger partial charge is 0.243 e. The van der Waals surface area contributed by atoms with Crippen LogP contribution in [0.15, 0.2) is 48.5 Å². The molecule has 4 rings (SSSR count). The first-order valence-corrected chi connectivity index (χ1v) is 13.4. The number of methoxy groups -OCH3 is 1.